The van der Waals surface area contributed by atoms with E-state index in [2.05, 4.69) is 0 Å². The van der Waals surface area contributed by atoms with E-state index in [9.17, 15) is 8.42 Å². The molecular formula is C10H15ClO2S. The minimum absolute atomic E-state index is 0.0222. The summed E-state index contributed by atoms with van der Waals surface area (Å²) in [5.41, 5.74) is 0.0716. The summed E-state index contributed by atoms with van der Waals surface area (Å²) < 4.78 is 23.1. The van der Waals surface area contributed by atoms with E-state index in [4.69, 9.17) is 11.6 Å². The molecule has 1 heterocycles. The van der Waals surface area contributed by atoms with Crippen molar-refractivity contribution in [3.05, 3.63) is 0 Å². The molecule has 2 saturated carbocycles. The van der Waals surface area contributed by atoms with Gasteiger partial charge in [0.05, 0.1) is 5.75 Å². The van der Waals surface area contributed by atoms with Gasteiger partial charge in [-0.1, -0.05) is 12.8 Å². The molecule has 3 aliphatic rings. The Morgan fingerprint density at radius 1 is 1.07 bits per heavy atom. The molecule has 4 heteroatoms. The molecule has 3 rings (SSSR count). The summed E-state index contributed by atoms with van der Waals surface area (Å²) in [5.74, 6) is 0.369. The molecule has 3 atom stereocenters. The van der Waals surface area contributed by atoms with Crippen LogP contribution in [-0.4, -0.2) is 18.9 Å². The fourth-order valence-electron chi connectivity index (χ4n) is 4.03. The third-order valence-electron chi connectivity index (χ3n) is 4.86. The van der Waals surface area contributed by atoms with Gasteiger partial charge in [0.1, 0.15) is 4.71 Å². The first-order valence-electron chi connectivity index (χ1n) is 5.38. The van der Waals surface area contributed by atoms with Crippen molar-refractivity contribution < 1.29 is 8.42 Å². The molecule has 0 radical (unpaired) electrons. The summed E-state index contributed by atoms with van der Waals surface area (Å²) in [6.07, 6.45) is 6.63. The Hall–Kier alpha value is 0.240. The SMILES string of the molecule is O=S1(=O)CC23CCCCC2(CC3)C1Cl. The average Bonchev–Trinajstić information content (AvgIpc) is 2.23. The van der Waals surface area contributed by atoms with E-state index in [0.29, 0.717) is 5.75 Å². The fraction of sp³-hybridized carbons (Fsp3) is 1.00. The van der Waals surface area contributed by atoms with E-state index in [0.717, 1.165) is 25.7 Å². The molecule has 14 heavy (non-hydrogen) atoms. The number of alkyl halides is 1. The van der Waals surface area contributed by atoms with Crippen LogP contribution in [0.5, 0.6) is 0 Å². The summed E-state index contributed by atoms with van der Waals surface area (Å²) in [5, 5.41) is 0. The van der Waals surface area contributed by atoms with Gasteiger partial charge in [-0.3, -0.25) is 0 Å². The molecule has 0 spiro atoms. The molecule has 0 N–H and O–H groups in total. The van der Waals surface area contributed by atoms with E-state index in [1.807, 2.05) is 0 Å². The first-order valence-corrected chi connectivity index (χ1v) is 7.53. The maximum Gasteiger partial charge on any atom is 0.168 e. The lowest BCUT2D eigenvalue weighted by Gasteiger charge is -2.58. The van der Waals surface area contributed by atoms with Crippen molar-refractivity contribution in [1.29, 1.82) is 0 Å². The largest absolute Gasteiger partial charge is 0.227 e. The van der Waals surface area contributed by atoms with Crippen molar-refractivity contribution in [3.8, 4) is 0 Å². The maximum atomic E-state index is 11.8. The third kappa shape index (κ3) is 0.827. The van der Waals surface area contributed by atoms with E-state index >= 15 is 0 Å². The topological polar surface area (TPSA) is 34.1 Å². The van der Waals surface area contributed by atoms with Crippen LogP contribution in [0.1, 0.15) is 38.5 Å². The average molecular weight is 235 g/mol. The summed E-state index contributed by atoms with van der Waals surface area (Å²) in [7, 11) is -3.00. The molecule has 0 aromatic carbocycles. The van der Waals surface area contributed by atoms with Crippen molar-refractivity contribution in [3.63, 3.8) is 0 Å². The summed E-state index contributed by atoms with van der Waals surface area (Å²) >= 11 is 6.17. The molecule has 1 saturated heterocycles. The zero-order chi connectivity index (χ0) is 10.0. The summed E-state index contributed by atoms with van der Waals surface area (Å²) in [4.78, 5) is 0. The molecule has 80 valence electrons. The summed E-state index contributed by atoms with van der Waals surface area (Å²) in [6, 6.07) is 0. The Kier molecular flexibility index (Phi) is 1.68. The van der Waals surface area contributed by atoms with Crippen LogP contribution in [0.25, 0.3) is 0 Å². The minimum Gasteiger partial charge on any atom is -0.227 e. The van der Waals surface area contributed by atoms with E-state index in [-0.39, 0.29) is 10.8 Å². The Balaban J connectivity index is 2.12. The van der Waals surface area contributed by atoms with Crippen LogP contribution in [0.15, 0.2) is 0 Å². The Morgan fingerprint density at radius 2 is 1.79 bits per heavy atom. The molecule has 2 aliphatic carbocycles. The quantitative estimate of drug-likeness (QED) is 0.603. The van der Waals surface area contributed by atoms with Gasteiger partial charge in [0.2, 0.25) is 0 Å². The fourth-order valence-corrected chi connectivity index (χ4v) is 7.33. The van der Waals surface area contributed by atoms with Gasteiger partial charge < -0.3 is 0 Å². The van der Waals surface area contributed by atoms with Gasteiger partial charge in [-0.2, -0.15) is 0 Å². The number of hydrogen-bond acceptors (Lipinski definition) is 2. The highest BCUT2D eigenvalue weighted by molar-refractivity contribution is 7.93. The number of hydrogen-bond donors (Lipinski definition) is 0. The van der Waals surface area contributed by atoms with Crippen molar-refractivity contribution in [2.45, 2.75) is 43.2 Å². The first kappa shape index (κ1) is 9.46. The highest BCUT2D eigenvalue weighted by atomic mass is 35.5. The van der Waals surface area contributed by atoms with E-state index < -0.39 is 14.5 Å². The van der Waals surface area contributed by atoms with Crippen molar-refractivity contribution >= 4 is 21.4 Å². The number of sulfone groups is 1. The minimum atomic E-state index is -3.00. The van der Waals surface area contributed by atoms with Crippen LogP contribution in [0.3, 0.4) is 0 Å². The van der Waals surface area contributed by atoms with Crippen LogP contribution in [0.4, 0.5) is 0 Å². The highest BCUT2D eigenvalue weighted by Gasteiger charge is 2.71. The number of rotatable bonds is 0. The Morgan fingerprint density at radius 3 is 2.36 bits per heavy atom. The molecule has 0 amide bonds. The van der Waals surface area contributed by atoms with Gasteiger partial charge in [-0.15, -0.1) is 11.6 Å². The second kappa shape index (κ2) is 2.49. The Labute approximate surface area is 89.9 Å². The van der Waals surface area contributed by atoms with Crippen molar-refractivity contribution in [2.24, 2.45) is 10.8 Å². The maximum absolute atomic E-state index is 11.8. The van der Waals surface area contributed by atoms with Crippen LogP contribution >= 0.6 is 11.6 Å². The van der Waals surface area contributed by atoms with Crippen LogP contribution in [-0.2, 0) is 9.84 Å². The summed E-state index contributed by atoms with van der Waals surface area (Å²) in [6.45, 7) is 0. The van der Waals surface area contributed by atoms with E-state index in [1.54, 1.807) is 0 Å². The van der Waals surface area contributed by atoms with Gasteiger partial charge in [-0.25, -0.2) is 8.42 Å². The molecule has 2 nitrogen and oxygen atoms in total. The lowest BCUT2D eigenvalue weighted by molar-refractivity contribution is -0.0769. The van der Waals surface area contributed by atoms with Crippen molar-refractivity contribution in [2.75, 3.05) is 5.75 Å². The molecule has 0 aromatic rings. The zero-order valence-electron chi connectivity index (χ0n) is 8.13. The smallest absolute Gasteiger partial charge is 0.168 e. The van der Waals surface area contributed by atoms with Crippen LogP contribution in [0, 0.1) is 10.8 Å². The standard InChI is InChI=1S/C10H15ClO2S/c11-8-10-4-2-1-3-9(10,5-6-10)7-14(8,12)13/h8H,1-7H2. The van der Waals surface area contributed by atoms with Gasteiger partial charge in [-0.05, 0) is 31.1 Å². The zero-order valence-corrected chi connectivity index (χ0v) is 9.70. The normalized spacial score (nSPS) is 54.5. The first-order chi connectivity index (χ1) is 6.53. The predicted molar refractivity (Wildman–Crippen MR) is 56.0 cm³/mol. The second-order valence-corrected chi connectivity index (χ2v) is 8.05. The second-order valence-electron chi connectivity index (χ2n) is 5.27. The van der Waals surface area contributed by atoms with Crippen molar-refractivity contribution in [1.82, 2.24) is 0 Å². The Bertz CT molecular complexity index is 378. The molecule has 1 aliphatic heterocycles. The van der Waals surface area contributed by atoms with Gasteiger partial charge >= 0.3 is 0 Å². The van der Waals surface area contributed by atoms with E-state index in [1.165, 1.54) is 12.8 Å². The molecule has 3 unspecified atom stereocenters. The molecular weight excluding hydrogens is 220 g/mol. The molecule has 0 aromatic heterocycles. The third-order valence-corrected chi connectivity index (χ3v) is 8.13. The van der Waals surface area contributed by atoms with Gasteiger partial charge in [0.25, 0.3) is 0 Å². The van der Waals surface area contributed by atoms with Crippen LogP contribution < -0.4 is 0 Å². The number of halogens is 1. The van der Waals surface area contributed by atoms with Gasteiger partial charge in [0, 0.05) is 5.41 Å². The lowest BCUT2D eigenvalue weighted by atomic mass is 9.45. The predicted octanol–water partition coefficient (Wildman–Crippen LogP) is 2.32. The highest BCUT2D eigenvalue weighted by Crippen LogP contribution is 2.72. The monoisotopic (exact) mass is 234 g/mol. The van der Waals surface area contributed by atoms with Gasteiger partial charge in [0.15, 0.2) is 9.84 Å². The lowest BCUT2D eigenvalue weighted by Crippen LogP contribution is -2.54. The molecule has 3 fully saturated rings. The molecule has 0 bridgehead atoms. The van der Waals surface area contributed by atoms with Crippen LogP contribution in [0.2, 0.25) is 0 Å².